The van der Waals surface area contributed by atoms with E-state index in [2.05, 4.69) is 5.32 Å². The van der Waals surface area contributed by atoms with Gasteiger partial charge in [-0.15, -0.1) is 0 Å². The molecule has 34 heavy (non-hydrogen) atoms. The number of nitrogens with one attached hydrogen (secondary N) is 1. The van der Waals surface area contributed by atoms with Crippen molar-refractivity contribution >= 4 is 29.3 Å². The number of thioether (sulfide) groups is 1. The van der Waals surface area contributed by atoms with Crippen molar-refractivity contribution in [2.75, 3.05) is 23.4 Å². The molecule has 0 radical (unpaired) electrons. The van der Waals surface area contributed by atoms with Crippen molar-refractivity contribution in [1.82, 2.24) is 0 Å². The Labute approximate surface area is 203 Å². The summed E-state index contributed by atoms with van der Waals surface area (Å²) in [6.07, 6.45) is 0.247. The first kappa shape index (κ1) is 26.2. The number of hydrogen-bond acceptors (Lipinski definition) is 7. The van der Waals surface area contributed by atoms with Gasteiger partial charge in [-0.05, 0) is 29.7 Å². The summed E-state index contributed by atoms with van der Waals surface area (Å²) in [5.74, 6) is 0.227. The number of aliphatic carboxylic acids is 1. The number of carbonyl (C=O) groups excluding carboxylic acids is 1. The number of hydrogen-bond donors (Lipinski definition) is 4. The largest absolute Gasteiger partial charge is 0.481 e. The second-order valence-corrected chi connectivity index (χ2v) is 9.22. The number of carbonyl (C=O) groups is 2. The van der Waals surface area contributed by atoms with Crippen LogP contribution >= 0.6 is 11.8 Å². The molecular formula is C25H31NO7S. The maximum atomic E-state index is 12.0. The van der Waals surface area contributed by atoms with Gasteiger partial charge >= 0.3 is 5.97 Å². The molecule has 1 saturated heterocycles. The van der Waals surface area contributed by atoms with Gasteiger partial charge in [-0.1, -0.05) is 36.4 Å². The zero-order valence-corrected chi connectivity index (χ0v) is 19.7. The van der Waals surface area contributed by atoms with Crippen molar-refractivity contribution < 1.29 is 34.4 Å². The minimum atomic E-state index is -0.916. The van der Waals surface area contributed by atoms with Crippen LogP contribution in [0.15, 0.2) is 48.5 Å². The van der Waals surface area contributed by atoms with Crippen LogP contribution in [0.4, 0.5) is 5.69 Å². The molecular weight excluding hydrogens is 458 g/mol. The Balaban J connectivity index is 1.66. The van der Waals surface area contributed by atoms with Crippen LogP contribution in [0.2, 0.25) is 0 Å². The van der Waals surface area contributed by atoms with E-state index in [0.717, 1.165) is 22.4 Å². The molecule has 3 unspecified atom stereocenters. The molecule has 0 spiro atoms. The van der Waals surface area contributed by atoms with Gasteiger partial charge in [0.05, 0.1) is 25.4 Å². The van der Waals surface area contributed by atoms with E-state index >= 15 is 0 Å². The van der Waals surface area contributed by atoms with Crippen LogP contribution in [0.5, 0.6) is 0 Å². The first-order chi connectivity index (χ1) is 16.5. The fraction of sp³-hybridized carbons (Fsp3) is 0.440. The summed E-state index contributed by atoms with van der Waals surface area (Å²) in [4.78, 5) is 22.6. The summed E-state index contributed by atoms with van der Waals surface area (Å²) >= 11 is 1.63. The molecule has 1 aliphatic heterocycles. The Morgan fingerprint density at radius 3 is 2.32 bits per heavy atom. The van der Waals surface area contributed by atoms with E-state index in [1.165, 1.54) is 0 Å². The van der Waals surface area contributed by atoms with E-state index < -0.39 is 12.3 Å². The highest BCUT2D eigenvalue weighted by atomic mass is 32.2. The fourth-order valence-corrected chi connectivity index (χ4v) is 4.42. The third kappa shape index (κ3) is 8.11. The average Bonchev–Trinajstić information content (AvgIpc) is 2.84. The lowest BCUT2D eigenvalue weighted by molar-refractivity contribution is -0.245. The normalized spacial score (nSPS) is 20.1. The maximum Gasteiger partial charge on any atom is 0.303 e. The van der Waals surface area contributed by atoms with Crippen molar-refractivity contribution in [3.8, 4) is 0 Å². The monoisotopic (exact) mass is 489 g/mol. The number of carboxylic acids is 1. The molecule has 0 aromatic heterocycles. The van der Waals surface area contributed by atoms with E-state index in [9.17, 15) is 14.7 Å². The van der Waals surface area contributed by atoms with Gasteiger partial charge in [-0.3, -0.25) is 9.59 Å². The fourth-order valence-electron chi connectivity index (χ4n) is 3.65. The zero-order chi connectivity index (χ0) is 24.3. The number of aliphatic hydroxyl groups is 2. The summed E-state index contributed by atoms with van der Waals surface area (Å²) in [5, 5.41) is 29.9. The molecule has 3 rings (SSSR count). The SMILES string of the molecule is O=C(O)CCCC(=O)Nc1ccc(C2OC(CSCCO)CC(c3ccc(CO)cc3)O2)cc1. The predicted molar refractivity (Wildman–Crippen MR) is 129 cm³/mol. The molecule has 2 aromatic carbocycles. The number of ether oxygens (including phenoxy) is 2. The lowest BCUT2D eigenvalue weighted by Crippen LogP contribution is -2.31. The Bertz CT molecular complexity index is 920. The van der Waals surface area contributed by atoms with Crippen molar-refractivity contribution in [3.63, 3.8) is 0 Å². The first-order valence-electron chi connectivity index (χ1n) is 11.3. The zero-order valence-electron chi connectivity index (χ0n) is 18.9. The van der Waals surface area contributed by atoms with Gasteiger partial charge in [0.1, 0.15) is 0 Å². The quantitative estimate of drug-likeness (QED) is 0.333. The Kier molecular flexibility index (Phi) is 10.4. The number of aliphatic hydroxyl groups excluding tert-OH is 2. The molecule has 9 heteroatoms. The Morgan fingerprint density at radius 1 is 0.971 bits per heavy atom. The Hall–Kier alpha value is -2.43. The summed E-state index contributed by atoms with van der Waals surface area (Å²) in [6.45, 7) is 0.104. The van der Waals surface area contributed by atoms with Gasteiger partial charge in [-0.2, -0.15) is 11.8 Å². The van der Waals surface area contributed by atoms with Crippen LogP contribution in [0, 0.1) is 0 Å². The lowest BCUT2D eigenvalue weighted by atomic mass is 10.0. The first-order valence-corrected chi connectivity index (χ1v) is 12.4. The van der Waals surface area contributed by atoms with Crippen molar-refractivity contribution in [2.24, 2.45) is 0 Å². The molecule has 1 aliphatic rings. The highest BCUT2D eigenvalue weighted by Gasteiger charge is 2.32. The van der Waals surface area contributed by atoms with Crippen molar-refractivity contribution in [2.45, 2.75) is 50.8 Å². The van der Waals surface area contributed by atoms with Gasteiger partial charge in [0.2, 0.25) is 5.91 Å². The third-order valence-corrected chi connectivity index (χ3v) is 6.49. The second kappa shape index (κ2) is 13.5. The maximum absolute atomic E-state index is 12.0. The molecule has 1 heterocycles. The van der Waals surface area contributed by atoms with Gasteiger partial charge in [0.15, 0.2) is 6.29 Å². The van der Waals surface area contributed by atoms with Crippen molar-refractivity contribution in [1.29, 1.82) is 0 Å². The standard InChI is InChI=1S/C25H31NO7S/c27-12-13-34-16-21-14-22(18-6-4-17(15-28)5-7-18)33-25(32-21)19-8-10-20(11-9-19)26-23(29)2-1-3-24(30)31/h4-11,21-22,25,27-28H,1-3,12-16H2,(H,26,29)(H,30,31). The van der Waals surface area contributed by atoms with Gasteiger partial charge in [0, 0.05) is 42.0 Å². The Morgan fingerprint density at radius 2 is 1.68 bits per heavy atom. The molecule has 3 atom stereocenters. The smallest absolute Gasteiger partial charge is 0.303 e. The molecule has 1 fully saturated rings. The molecule has 0 aliphatic carbocycles. The minimum absolute atomic E-state index is 0.0135. The van der Waals surface area contributed by atoms with Crippen LogP contribution < -0.4 is 5.32 Å². The summed E-state index contributed by atoms with van der Waals surface area (Å²) < 4.78 is 12.5. The molecule has 0 saturated carbocycles. The molecule has 0 bridgehead atoms. The summed E-state index contributed by atoms with van der Waals surface area (Å²) in [6, 6.07) is 14.9. The number of rotatable bonds is 12. The van der Waals surface area contributed by atoms with E-state index in [1.54, 1.807) is 23.9 Å². The molecule has 2 aromatic rings. The number of anilines is 1. The van der Waals surface area contributed by atoms with Crippen LogP contribution in [-0.2, 0) is 25.7 Å². The van der Waals surface area contributed by atoms with Gasteiger partial charge in [0.25, 0.3) is 0 Å². The van der Waals surface area contributed by atoms with Crippen molar-refractivity contribution in [3.05, 3.63) is 65.2 Å². The van der Waals surface area contributed by atoms with E-state index in [-0.39, 0.29) is 44.2 Å². The van der Waals surface area contributed by atoms with E-state index in [0.29, 0.717) is 24.3 Å². The van der Waals surface area contributed by atoms with Crippen LogP contribution in [0.3, 0.4) is 0 Å². The lowest BCUT2D eigenvalue weighted by Gasteiger charge is -2.36. The van der Waals surface area contributed by atoms with Crippen LogP contribution in [-0.4, -0.2) is 51.4 Å². The van der Waals surface area contributed by atoms with Gasteiger partial charge < -0.3 is 30.1 Å². The number of benzene rings is 2. The molecule has 8 nitrogen and oxygen atoms in total. The topological polar surface area (TPSA) is 125 Å². The number of carboxylic acid groups (broad SMARTS) is 1. The average molecular weight is 490 g/mol. The predicted octanol–water partition coefficient (Wildman–Crippen LogP) is 3.64. The summed E-state index contributed by atoms with van der Waals surface area (Å²) in [7, 11) is 0. The molecule has 184 valence electrons. The second-order valence-electron chi connectivity index (χ2n) is 8.07. The van der Waals surface area contributed by atoms with Crippen LogP contribution in [0.1, 0.15) is 54.8 Å². The third-order valence-electron chi connectivity index (χ3n) is 5.42. The highest BCUT2D eigenvalue weighted by Crippen LogP contribution is 2.39. The van der Waals surface area contributed by atoms with E-state index in [4.69, 9.17) is 19.7 Å². The molecule has 4 N–H and O–H groups in total. The minimum Gasteiger partial charge on any atom is -0.481 e. The van der Waals surface area contributed by atoms with Gasteiger partial charge in [-0.25, -0.2) is 0 Å². The van der Waals surface area contributed by atoms with Crippen LogP contribution in [0.25, 0.3) is 0 Å². The number of amides is 1. The highest BCUT2D eigenvalue weighted by molar-refractivity contribution is 7.99. The summed E-state index contributed by atoms with van der Waals surface area (Å²) in [5.41, 5.74) is 3.28. The molecule has 1 amide bonds. The van der Waals surface area contributed by atoms with E-state index in [1.807, 2.05) is 36.4 Å².